The number of fused-ring (bicyclic) bond motifs is 1. The van der Waals surface area contributed by atoms with Gasteiger partial charge in [-0.3, -0.25) is 4.79 Å². The van der Waals surface area contributed by atoms with Crippen molar-refractivity contribution in [2.75, 3.05) is 0 Å². The van der Waals surface area contributed by atoms with Gasteiger partial charge < -0.3 is 0 Å². The smallest absolute Gasteiger partial charge is 0.246 e. The topological polar surface area (TPSA) is 54.4 Å². The van der Waals surface area contributed by atoms with Crippen LogP contribution in [0.4, 0.5) is 0 Å². The summed E-state index contributed by atoms with van der Waals surface area (Å²) >= 11 is 1.51. The zero-order valence-electron chi connectivity index (χ0n) is 15.1. The average Bonchev–Trinajstić information content (AvgIpc) is 3.11. The number of hydrazone groups is 1. The maximum atomic E-state index is 12.1. The van der Waals surface area contributed by atoms with Crippen molar-refractivity contribution in [2.24, 2.45) is 22.4 Å². The first kappa shape index (κ1) is 17.2. The summed E-state index contributed by atoms with van der Waals surface area (Å²) in [6, 6.07) is 10.00. The second kappa shape index (κ2) is 6.80. The van der Waals surface area contributed by atoms with Crippen LogP contribution in [0.1, 0.15) is 31.7 Å². The van der Waals surface area contributed by atoms with Crippen LogP contribution in [0.25, 0.3) is 11.3 Å². The van der Waals surface area contributed by atoms with Crippen LogP contribution in [0.5, 0.6) is 0 Å². The molecule has 2 bridgehead atoms. The van der Waals surface area contributed by atoms with E-state index in [9.17, 15) is 4.79 Å². The molecule has 0 spiro atoms. The SMILES string of the molecule is CC1(C)C2CC=C(C=NNC(=O)Cc3nc(-c4ccccc4)cs3)C1C2. The second-order valence-corrected chi connectivity index (χ2v) is 8.65. The van der Waals surface area contributed by atoms with Gasteiger partial charge in [0.2, 0.25) is 5.91 Å². The lowest BCUT2D eigenvalue weighted by Crippen LogP contribution is -2.48. The van der Waals surface area contributed by atoms with Gasteiger partial charge in [0, 0.05) is 10.9 Å². The highest BCUT2D eigenvalue weighted by Crippen LogP contribution is 2.58. The van der Waals surface area contributed by atoms with Crippen LogP contribution in [0.2, 0.25) is 0 Å². The highest BCUT2D eigenvalue weighted by Gasteiger charge is 2.50. The summed E-state index contributed by atoms with van der Waals surface area (Å²) in [4.78, 5) is 16.7. The Balaban J connectivity index is 1.32. The number of nitrogens with zero attached hydrogens (tertiary/aromatic N) is 2. The lowest BCUT2D eigenvalue weighted by atomic mass is 9.49. The first-order valence-corrected chi connectivity index (χ1v) is 9.94. The second-order valence-electron chi connectivity index (χ2n) is 7.71. The maximum Gasteiger partial charge on any atom is 0.246 e. The van der Waals surface area contributed by atoms with Gasteiger partial charge in [0.15, 0.2) is 0 Å². The number of allylic oxidation sites excluding steroid dienone is 2. The van der Waals surface area contributed by atoms with Crippen molar-refractivity contribution in [3.05, 3.63) is 52.4 Å². The largest absolute Gasteiger partial charge is 0.273 e. The Morgan fingerprint density at radius 2 is 2.19 bits per heavy atom. The van der Waals surface area contributed by atoms with Crippen LogP contribution in [-0.4, -0.2) is 17.1 Å². The molecule has 1 heterocycles. The monoisotopic (exact) mass is 365 g/mol. The zero-order valence-corrected chi connectivity index (χ0v) is 15.9. The third-order valence-corrected chi connectivity index (χ3v) is 6.70. The molecule has 5 heteroatoms. The number of carbonyl (C=O) groups is 1. The molecule has 26 heavy (non-hydrogen) atoms. The normalized spacial score (nSPS) is 23.4. The molecule has 2 atom stereocenters. The first-order chi connectivity index (χ1) is 12.5. The number of carbonyl (C=O) groups excluding carboxylic acids is 1. The van der Waals surface area contributed by atoms with Gasteiger partial charge in [-0.05, 0) is 35.7 Å². The molecule has 134 valence electrons. The molecule has 3 aliphatic rings. The van der Waals surface area contributed by atoms with Crippen molar-refractivity contribution in [3.8, 4) is 11.3 Å². The molecule has 0 aliphatic heterocycles. The quantitative estimate of drug-likeness (QED) is 0.629. The molecule has 0 radical (unpaired) electrons. The van der Waals surface area contributed by atoms with E-state index in [0.29, 0.717) is 11.3 Å². The molecule has 1 saturated carbocycles. The predicted octanol–water partition coefficient (Wildman–Crippen LogP) is 4.45. The Morgan fingerprint density at radius 1 is 1.38 bits per heavy atom. The van der Waals surface area contributed by atoms with Crippen LogP contribution in [-0.2, 0) is 11.2 Å². The lowest BCUT2D eigenvalue weighted by molar-refractivity contribution is -0.120. The summed E-state index contributed by atoms with van der Waals surface area (Å²) < 4.78 is 0. The van der Waals surface area contributed by atoms with Crippen molar-refractivity contribution in [2.45, 2.75) is 33.1 Å². The van der Waals surface area contributed by atoms with E-state index in [1.807, 2.05) is 41.9 Å². The van der Waals surface area contributed by atoms with Gasteiger partial charge in [-0.2, -0.15) is 5.10 Å². The molecule has 1 aromatic carbocycles. The number of hydrogen-bond acceptors (Lipinski definition) is 4. The third kappa shape index (κ3) is 3.23. The van der Waals surface area contributed by atoms with Gasteiger partial charge in [0.05, 0.1) is 18.3 Å². The van der Waals surface area contributed by atoms with E-state index in [4.69, 9.17) is 0 Å². The summed E-state index contributed by atoms with van der Waals surface area (Å²) in [6.45, 7) is 4.66. The van der Waals surface area contributed by atoms with Gasteiger partial charge in [-0.15, -0.1) is 11.3 Å². The average molecular weight is 366 g/mol. The minimum absolute atomic E-state index is 0.127. The molecule has 1 N–H and O–H groups in total. The van der Waals surface area contributed by atoms with E-state index in [1.165, 1.54) is 23.3 Å². The summed E-state index contributed by atoms with van der Waals surface area (Å²) in [6.07, 6.45) is 6.73. The van der Waals surface area contributed by atoms with Crippen LogP contribution in [0, 0.1) is 17.3 Å². The van der Waals surface area contributed by atoms with Crippen molar-refractivity contribution in [3.63, 3.8) is 0 Å². The Bertz CT molecular complexity index is 866. The Labute approximate surface area is 158 Å². The van der Waals surface area contributed by atoms with Crippen LogP contribution < -0.4 is 5.43 Å². The minimum atomic E-state index is -0.127. The van der Waals surface area contributed by atoms with E-state index in [-0.39, 0.29) is 12.3 Å². The van der Waals surface area contributed by atoms with E-state index in [0.717, 1.165) is 28.6 Å². The fraction of sp³-hybridized carbons (Fsp3) is 0.381. The summed E-state index contributed by atoms with van der Waals surface area (Å²) in [7, 11) is 0. The lowest BCUT2D eigenvalue weighted by Gasteiger charge is -2.55. The van der Waals surface area contributed by atoms with Gasteiger partial charge in [-0.25, -0.2) is 10.4 Å². The molecule has 0 saturated heterocycles. The summed E-state index contributed by atoms with van der Waals surface area (Å²) in [5, 5.41) is 6.97. The molecule has 1 fully saturated rings. The van der Waals surface area contributed by atoms with Crippen LogP contribution >= 0.6 is 11.3 Å². The van der Waals surface area contributed by atoms with Gasteiger partial charge in [0.25, 0.3) is 0 Å². The number of aromatic nitrogens is 1. The third-order valence-electron chi connectivity index (χ3n) is 5.85. The van der Waals surface area contributed by atoms with Crippen molar-refractivity contribution in [1.29, 1.82) is 0 Å². The van der Waals surface area contributed by atoms with Gasteiger partial charge >= 0.3 is 0 Å². The predicted molar refractivity (Wildman–Crippen MR) is 106 cm³/mol. The first-order valence-electron chi connectivity index (χ1n) is 9.06. The highest BCUT2D eigenvalue weighted by atomic mass is 32.1. The standard InChI is InChI=1S/C21H23N3OS/c1-21(2)16-9-8-15(17(21)10-16)12-22-24-19(25)11-20-23-18(13-26-20)14-6-4-3-5-7-14/h3-8,12-13,16-17H,9-11H2,1-2H3,(H,24,25). The summed E-state index contributed by atoms with van der Waals surface area (Å²) in [5.74, 6) is 1.26. The summed E-state index contributed by atoms with van der Waals surface area (Å²) in [5.41, 5.74) is 6.26. The van der Waals surface area contributed by atoms with Gasteiger partial charge in [-0.1, -0.05) is 50.3 Å². The number of benzene rings is 1. The fourth-order valence-corrected chi connectivity index (χ4v) is 4.84. The molecule has 2 unspecified atom stereocenters. The van der Waals surface area contributed by atoms with E-state index in [2.05, 4.69) is 35.4 Å². The molecular formula is C21H23N3OS. The molecule has 3 aliphatic carbocycles. The van der Waals surface area contributed by atoms with Crippen molar-refractivity contribution in [1.82, 2.24) is 10.4 Å². The number of amides is 1. The molecule has 2 aromatic rings. The zero-order chi connectivity index (χ0) is 18.1. The van der Waals surface area contributed by atoms with E-state index >= 15 is 0 Å². The highest BCUT2D eigenvalue weighted by molar-refractivity contribution is 7.10. The molecule has 1 aromatic heterocycles. The Morgan fingerprint density at radius 3 is 2.92 bits per heavy atom. The Hall–Kier alpha value is -2.27. The van der Waals surface area contributed by atoms with Crippen molar-refractivity contribution >= 4 is 23.5 Å². The Kier molecular flexibility index (Phi) is 4.49. The van der Waals surface area contributed by atoms with Crippen LogP contribution in [0.15, 0.2) is 52.5 Å². The molecule has 1 amide bonds. The van der Waals surface area contributed by atoms with Crippen LogP contribution in [0.3, 0.4) is 0 Å². The molecule has 5 rings (SSSR count). The number of rotatable bonds is 5. The van der Waals surface area contributed by atoms with Gasteiger partial charge in [0.1, 0.15) is 5.01 Å². The van der Waals surface area contributed by atoms with E-state index in [1.54, 1.807) is 0 Å². The maximum absolute atomic E-state index is 12.1. The molecular weight excluding hydrogens is 342 g/mol. The minimum Gasteiger partial charge on any atom is -0.273 e. The number of hydrogen-bond donors (Lipinski definition) is 1. The van der Waals surface area contributed by atoms with E-state index < -0.39 is 0 Å². The fourth-order valence-electron chi connectivity index (χ4n) is 4.03. The number of nitrogens with one attached hydrogen (secondary N) is 1. The number of thiazole rings is 1. The van der Waals surface area contributed by atoms with Crippen molar-refractivity contribution < 1.29 is 4.79 Å². The molecule has 4 nitrogen and oxygen atoms in total.